The standard InChI is InChI=1S/C14H24N2OS/c1-5-15-9(3)13-10(4)16-14(18-13)12(17-6-2)11-7-8-11/h9,11-12,15H,5-8H2,1-4H3. The Balaban J connectivity index is 2.15. The van der Waals surface area contributed by atoms with Crippen LogP contribution in [-0.4, -0.2) is 18.1 Å². The van der Waals surface area contributed by atoms with Crippen molar-refractivity contribution >= 4 is 11.3 Å². The summed E-state index contributed by atoms with van der Waals surface area (Å²) in [5, 5.41) is 4.64. The van der Waals surface area contributed by atoms with Crippen molar-refractivity contribution < 1.29 is 4.74 Å². The lowest BCUT2D eigenvalue weighted by atomic mass is 10.2. The zero-order valence-electron chi connectivity index (χ0n) is 11.8. The van der Waals surface area contributed by atoms with Gasteiger partial charge in [-0.3, -0.25) is 0 Å². The molecule has 0 radical (unpaired) electrons. The number of hydrogen-bond donors (Lipinski definition) is 1. The van der Waals surface area contributed by atoms with E-state index in [1.807, 2.05) is 11.3 Å². The van der Waals surface area contributed by atoms with Gasteiger partial charge in [0.2, 0.25) is 0 Å². The molecule has 0 spiro atoms. The zero-order valence-corrected chi connectivity index (χ0v) is 12.6. The fourth-order valence-corrected chi connectivity index (χ4v) is 3.58. The number of aromatic nitrogens is 1. The molecule has 1 aliphatic carbocycles. The zero-order chi connectivity index (χ0) is 13.1. The SMILES string of the molecule is CCNC(C)c1sc(C(OCC)C2CC2)nc1C. The van der Waals surface area contributed by atoms with Gasteiger partial charge in [-0.05, 0) is 46.1 Å². The predicted molar refractivity (Wildman–Crippen MR) is 76.0 cm³/mol. The average molecular weight is 268 g/mol. The summed E-state index contributed by atoms with van der Waals surface area (Å²) in [5.41, 5.74) is 1.16. The first-order chi connectivity index (χ1) is 8.67. The second-order valence-corrected chi connectivity index (χ2v) is 6.06. The van der Waals surface area contributed by atoms with Crippen LogP contribution in [0.5, 0.6) is 0 Å². The van der Waals surface area contributed by atoms with E-state index >= 15 is 0 Å². The Labute approximate surface area is 114 Å². The van der Waals surface area contributed by atoms with Gasteiger partial charge in [-0.25, -0.2) is 4.98 Å². The molecule has 1 aliphatic rings. The van der Waals surface area contributed by atoms with Crippen molar-refractivity contribution in [1.29, 1.82) is 0 Å². The van der Waals surface area contributed by atoms with E-state index in [0.29, 0.717) is 12.0 Å². The lowest BCUT2D eigenvalue weighted by molar-refractivity contribution is 0.0461. The number of aryl methyl sites for hydroxylation is 1. The summed E-state index contributed by atoms with van der Waals surface area (Å²) in [6, 6.07) is 0.391. The van der Waals surface area contributed by atoms with Gasteiger partial charge < -0.3 is 10.1 Å². The second-order valence-electron chi connectivity index (χ2n) is 4.99. The topological polar surface area (TPSA) is 34.1 Å². The van der Waals surface area contributed by atoms with Crippen LogP contribution in [0.3, 0.4) is 0 Å². The third-order valence-electron chi connectivity index (χ3n) is 3.39. The van der Waals surface area contributed by atoms with Gasteiger partial charge >= 0.3 is 0 Å². The number of rotatable bonds is 7. The normalized spacial score (nSPS) is 18.9. The lowest BCUT2D eigenvalue weighted by Gasteiger charge is -2.13. The highest BCUT2D eigenvalue weighted by molar-refractivity contribution is 7.11. The maximum atomic E-state index is 5.89. The van der Waals surface area contributed by atoms with Crippen LogP contribution in [0.2, 0.25) is 0 Å². The van der Waals surface area contributed by atoms with E-state index in [9.17, 15) is 0 Å². The average Bonchev–Trinajstić information content (AvgIpc) is 3.09. The van der Waals surface area contributed by atoms with E-state index < -0.39 is 0 Å². The Morgan fingerprint density at radius 2 is 2.17 bits per heavy atom. The maximum absolute atomic E-state index is 5.89. The molecule has 0 saturated heterocycles. The van der Waals surface area contributed by atoms with E-state index in [0.717, 1.165) is 18.8 Å². The minimum absolute atomic E-state index is 0.237. The Morgan fingerprint density at radius 3 is 2.72 bits per heavy atom. The molecule has 18 heavy (non-hydrogen) atoms. The summed E-state index contributed by atoms with van der Waals surface area (Å²) in [6.45, 7) is 10.3. The Hall–Kier alpha value is -0.450. The number of nitrogens with one attached hydrogen (secondary N) is 1. The smallest absolute Gasteiger partial charge is 0.122 e. The second kappa shape index (κ2) is 6.13. The molecule has 1 aromatic rings. The van der Waals surface area contributed by atoms with Gasteiger partial charge in [-0.2, -0.15) is 0 Å². The molecule has 1 heterocycles. The first-order valence-electron chi connectivity index (χ1n) is 6.99. The van der Waals surface area contributed by atoms with Crippen molar-refractivity contribution in [3.8, 4) is 0 Å². The van der Waals surface area contributed by atoms with Crippen LogP contribution in [0.15, 0.2) is 0 Å². The van der Waals surface area contributed by atoms with E-state index in [4.69, 9.17) is 9.72 Å². The Morgan fingerprint density at radius 1 is 1.44 bits per heavy atom. The summed E-state index contributed by atoms with van der Waals surface area (Å²) >= 11 is 1.83. The van der Waals surface area contributed by atoms with Crippen LogP contribution >= 0.6 is 11.3 Å². The van der Waals surface area contributed by atoms with Crippen LogP contribution in [0.1, 0.15) is 61.3 Å². The van der Waals surface area contributed by atoms with Crippen LogP contribution in [0.25, 0.3) is 0 Å². The van der Waals surface area contributed by atoms with Gasteiger partial charge in [0.05, 0.1) is 5.69 Å². The number of ether oxygens (including phenoxy) is 1. The van der Waals surface area contributed by atoms with Crippen LogP contribution in [0.4, 0.5) is 0 Å². The lowest BCUT2D eigenvalue weighted by Crippen LogP contribution is -2.17. The molecular weight excluding hydrogens is 244 g/mol. The van der Waals surface area contributed by atoms with Gasteiger partial charge in [0.15, 0.2) is 0 Å². The summed E-state index contributed by atoms with van der Waals surface area (Å²) in [5.74, 6) is 0.706. The minimum atomic E-state index is 0.237. The van der Waals surface area contributed by atoms with E-state index in [2.05, 4.69) is 33.0 Å². The fourth-order valence-electron chi connectivity index (χ4n) is 2.34. The highest BCUT2D eigenvalue weighted by Crippen LogP contribution is 2.45. The molecule has 1 aromatic heterocycles. The van der Waals surface area contributed by atoms with Gasteiger partial charge in [0, 0.05) is 17.5 Å². The number of thiazole rings is 1. The first kappa shape index (κ1) is 14.0. The van der Waals surface area contributed by atoms with Gasteiger partial charge in [-0.15, -0.1) is 11.3 Å². The molecule has 0 aromatic carbocycles. The van der Waals surface area contributed by atoms with Crippen molar-refractivity contribution in [2.24, 2.45) is 5.92 Å². The molecular formula is C14H24N2OS. The molecule has 2 rings (SSSR count). The van der Waals surface area contributed by atoms with Crippen LogP contribution in [0, 0.1) is 12.8 Å². The largest absolute Gasteiger partial charge is 0.371 e. The van der Waals surface area contributed by atoms with E-state index in [1.54, 1.807) is 0 Å². The molecule has 0 aliphatic heterocycles. The molecule has 2 atom stereocenters. The molecule has 1 fully saturated rings. The third kappa shape index (κ3) is 3.11. The number of nitrogens with zero attached hydrogens (tertiary/aromatic N) is 1. The third-order valence-corrected chi connectivity index (χ3v) is 4.79. The summed E-state index contributed by atoms with van der Waals surface area (Å²) in [7, 11) is 0. The van der Waals surface area contributed by atoms with Crippen molar-refractivity contribution in [3.63, 3.8) is 0 Å². The molecule has 1 N–H and O–H groups in total. The van der Waals surface area contributed by atoms with Gasteiger partial charge in [-0.1, -0.05) is 6.92 Å². The molecule has 3 nitrogen and oxygen atoms in total. The highest BCUT2D eigenvalue weighted by atomic mass is 32.1. The molecule has 4 heteroatoms. The first-order valence-corrected chi connectivity index (χ1v) is 7.81. The quantitative estimate of drug-likeness (QED) is 0.820. The molecule has 102 valence electrons. The van der Waals surface area contributed by atoms with Crippen LogP contribution < -0.4 is 5.32 Å². The van der Waals surface area contributed by atoms with Gasteiger partial charge in [0.1, 0.15) is 11.1 Å². The van der Waals surface area contributed by atoms with Crippen LogP contribution in [-0.2, 0) is 4.74 Å². The summed E-state index contributed by atoms with van der Waals surface area (Å²) in [6.07, 6.45) is 2.82. The predicted octanol–water partition coefficient (Wildman–Crippen LogP) is 3.61. The van der Waals surface area contributed by atoms with Crippen molar-refractivity contribution in [2.45, 2.75) is 52.7 Å². The molecule has 1 saturated carbocycles. The molecule has 0 bridgehead atoms. The number of hydrogen-bond acceptors (Lipinski definition) is 4. The summed E-state index contributed by atoms with van der Waals surface area (Å²) < 4.78 is 5.89. The molecule has 0 amide bonds. The van der Waals surface area contributed by atoms with Crippen molar-refractivity contribution in [1.82, 2.24) is 10.3 Å². The van der Waals surface area contributed by atoms with Gasteiger partial charge in [0.25, 0.3) is 0 Å². The Kier molecular flexibility index (Phi) is 4.76. The molecule has 2 unspecified atom stereocenters. The monoisotopic (exact) mass is 268 g/mol. The minimum Gasteiger partial charge on any atom is -0.371 e. The highest BCUT2D eigenvalue weighted by Gasteiger charge is 2.35. The van der Waals surface area contributed by atoms with E-state index in [1.165, 1.54) is 22.7 Å². The van der Waals surface area contributed by atoms with Crippen molar-refractivity contribution in [2.75, 3.05) is 13.2 Å². The van der Waals surface area contributed by atoms with E-state index in [-0.39, 0.29) is 6.10 Å². The van der Waals surface area contributed by atoms with Crippen molar-refractivity contribution in [3.05, 3.63) is 15.6 Å². The summed E-state index contributed by atoms with van der Waals surface area (Å²) in [4.78, 5) is 6.11. The maximum Gasteiger partial charge on any atom is 0.122 e. The Bertz CT molecular complexity index is 387. The fraction of sp³-hybridized carbons (Fsp3) is 0.786.